The minimum absolute atomic E-state index is 0.132. The van der Waals surface area contributed by atoms with Gasteiger partial charge < -0.3 is 0 Å². The van der Waals surface area contributed by atoms with E-state index >= 15 is 0 Å². The molecule has 1 heterocycles. The highest BCUT2D eigenvalue weighted by Crippen LogP contribution is 2.01. The lowest BCUT2D eigenvalue weighted by atomic mass is 10.4. The topological polar surface area (TPSA) is 90.0 Å². The number of aryl methyl sites for hydroxylation is 2. The predicted molar refractivity (Wildman–Crippen MR) is 62.9 cm³/mol. The molecule has 0 atom stereocenters. The lowest BCUT2D eigenvalue weighted by Gasteiger charge is -2.05. The Hall–Kier alpha value is -0.960. The molecule has 0 aliphatic heterocycles. The van der Waals surface area contributed by atoms with Gasteiger partial charge in [-0.25, -0.2) is 10.8 Å². The zero-order valence-corrected chi connectivity index (χ0v) is 10.3. The number of aromatic nitrogens is 2. The molecular weight excluding hydrogens is 311 g/mol. The van der Waals surface area contributed by atoms with Crippen molar-refractivity contribution in [3.63, 3.8) is 0 Å². The predicted octanol–water partition coefficient (Wildman–Crippen LogP) is -0.464. The van der Waals surface area contributed by atoms with Crippen LogP contribution in [0.2, 0.25) is 0 Å². The molecule has 0 spiro atoms. The fourth-order valence-corrected chi connectivity index (χ4v) is 1.45. The maximum atomic E-state index is 11.6. The second-order valence-corrected chi connectivity index (χ2v) is 4.04. The molecule has 0 saturated carbocycles. The summed E-state index contributed by atoms with van der Waals surface area (Å²) in [6.45, 7) is 2.05. The van der Waals surface area contributed by atoms with Crippen molar-refractivity contribution in [3.05, 3.63) is 25.9 Å². The quantitative estimate of drug-likeness (QED) is 0.341. The third-order valence-electron chi connectivity index (χ3n) is 1.90. The van der Waals surface area contributed by atoms with Crippen LogP contribution in [0.15, 0.2) is 11.1 Å². The molecule has 7 heteroatoms. The summed E-state index contributed by atoms with van der Waals surface area (Å²) < 4.78 is 1.97. The highest BCUT2D eigenvalue weighted by molar-refractivity contribution is 14.1. The summed E-state index contributed by atoms with van der Waals surface area (Å²) in [4.78, 5) is 26.6. The maximum absolute atomic E-state index is 11.6. The average Bonchev–Trinajstić information content (AvgIpc) is 2.24. The molecule has 15 heavy (non-hydrogen) atoms. The Kier molecular flexibility index (Phi) is 4.21. The molecule has 3 N–H and O–H groups in total. The lowest BCUT2D eigenvalue weighted by Crippen LogP contribution is -2.32. The molecule has 0 aromatic carbocycles. The summed E-state index contributed by atoms with van der Waals surface area (Å²) in [6.07, 6.45) is 1.60. The molecule has 1 rings (SSSR count). The van der Waals surface area contributed by atoms with E-state index < -0.39 is 0 Å². The molecule has 1 aromatic rings. The Morgan fingerprint density at radius 2 is 2.40 bits per heavy atom. The third kappa shape index (κ3) is 2.99. The Morgan fingerprint density at radius 3 is 3.00 bits per heavy atom. The fourth-order valence-electron chi connectivity index (χ4n) is 1.000. The average molecular weight is 322 g/mol. The van der Waals surface area contributed by atoms with Gasteiger partial charge in [0.05, 0.1) is 15.6 Å². The van der Waals surface area contributed by atoms with Gasteiger partial charge in [-0.15, -0.1) is 0 Å². The summed E-state index contributed by atoms with van der Waals surface area (Å²) in [6, 6.07) is 0. The Bertz CT molecular complexity index is 429. The van der Waals surface area contributed by atoms with Crippen LogP contribution in [0, 0.1) is 10.5 Å². The third-order valence-corrected chi connectivity index (χ3v) is 3.14. The summed E-state index contributed by atoms with van der Waals surface area (Å²) in [5, 5.41) is 0. The van der Waals surface area contributed by atoms with Crippen LogP contribution < -0.4 is 16.8 Å². The van der Waals surface area contributed by atoms with Crippen LogP contribution in [0.5, 0.6) is 0 Å². The van der Waals surface area contributed by atoms with E-state index in [-0.39, 0.29) is 24.4 Å². The molecule has 0 aliphatic carbocycles. The first-order valence-electron chi connectivity index (χ1n) is 4.27. The van der Waals surface area contributed by atoms with E-state index in [1.807, 2.05) is 28.0 Å². The van der Waals surface area contributed by atoms with E-state index in [0.717, 1.165) is 0 Å². The molecule has 82 valence electrons. The van der Waals surface area contributed by atoms with E-state index in [2.05, 4.69) is 4.98 Å². The molecule has 0 aliphatic rings. The Balaban J connectivity index is 2.84. The van der Waals surface area contributed by atoms with E-state index in [9.17, 15) is 9.59 Å². The standard InChI is InChI=1S/C8H11IN4O2/c1-5-7(9)8(15)13(4-11-5)3-2-6(14)12-10/h4H,2-3,10H2,1H3,(H,12,14). The number of rotatable bonds is 3. The molecule has 1 amide bonds. The molecule has 0 bridgehead atoms. The number of nitrogens with one attached hydrogen (secondary N) is 1. The van der Waals surface area contributed by atoms with Gasteiger partial charge in [0.1, 0.15) is 0 Å². The van der Waals surface area contributed by atoms with Crippen LogP contribution in [-0.4, -0.2) is 15.5 Å². The first-order chi connectivity index (χ1) is 7.06. The smallest absolute Gasteiger partial charge is 0.267 e. The number of nitrogens with two attached hydrogens (primary N) is 1. The molecule has 6 nitrogen and oxygen atoms in total. The number of nitrogens with zero attached hydrogens (tertiary/aromatic N) is 2. The Morgan fingerprint density at radius 1 is 1.73 bits per heavy atom. The van der Waals surface area contributed by atoms with E-state index in [1.165, 1.54) is 10.9 Å². The first kappa shape index (κ1) is 12.1. The van der Waals surface area contributed by atoms with Gasteiger partial charge in [-0.2, -0.15) is 0 Å². The van der Waals surface area contributed by atoms with Gasteiger partial charge in [-0.1, -0.05) is 0 Å². The molecule has 0 saturated heterocycles. The van der Waals surface area contributed by atoms with Crippen molar-refractivity contribution in [2.75, 3.05) is 0 Å². The van der Waals surface area contributed by atoms with Gasteiger partial charge in [-0.05, 0) is 29.5 Å². The minimum atomic E-state index is -0.308. The van der Waals surface area contributed by atoms with E-state index in [1.54, 1.807) is 6.92 Å². The number of amides is 1. The van der Waals surface area contributed by atoms with Crippen LogP contribution in [0.3, 0.4) is 0 Å². The lowest BCUT2D eigenvalue weighted by molar-refractivity contribution is -0.121. The summed E-state index contributed by atoms with van der Waals surface area (Å²) >= 11 is 1.94. The van der Waals surface area contributed by atoms with Crippen molar-refractivity contribution in [3.8, 4) is 0 Å². The van der Waals surface area contributed by atoms with Crippen molar-refractivity contribution in [2.24, 2.45) is 5.84 Å². The molecule has 0 unspecified atom stereocenters. The van der Waals surface area contributed by atoms with Gasteiger partial charge in [-0.3, -0.25) is 19.6 Å². The van der Waals surface area contributed by atoms with Gasteiger partial charge in [0.15, 0.2) is 0 Å². The monoisotopic (exact) mass is 322 g/mol. The molecule has 0 radical (unpaired) electrons. The van der Waals surface area contributed by atoms with Crippen molar-refractivity contribution >= 4 is 28.5 Å². The van der Waals surface area contributed by atoms with Gasteiger partial charge >= 0.3 is 0 Å². The second kappa shape index (κ2) is 5.21. The summed E-state index contributed by atoms with van der Waals surface area (Å²) in [5.41, 5.74) is 2.57. The normalized spacial score (nSPS) is 10.1. The largest absolute Gasteiger partial charge is 0.298 e. The van der Waals surface area contributed by atoms with Crippen LogP contribution in [0.4, 0.5) is 0 Å². The van der Waals surface area contributed by atoms with Crippen LogP contribution >= 0.6 is 22.6 Å². The molecule has 1 aromatic heterocycles. The van der Waals surface area contributed by atoms with Crippen molar-refractivity contribution in [2.45, 2.75) is 19.9 Å². The number of carbonyl (C=O) groups is 1. The SMILES string of the molecule is Cc1ncn(CCC(=O)NN)c(=O)c1I. The highest BCUT2D eigenvalue weighted by Gasteiger charge is 2.06. The van der Waals surface area contributed by atoms with Gasteiger partial charge in [0.2, 0.25) is 5.91 Å². The van der Waals surface area contributed by atoms with Crippen LogP contribution in [-0.2, 0) is 11.3 Å². The zero-order valence-electron chi connectivity index (χ0n) is 8.16. The zero-order chi connectivity index (χ0) is 11.4. The summed E-state index contributed by atoms with van der Waals surface area (Å²) in [5.74, 6) is 4.62. The molecular formula is C8H11IN4O2. The highest BCUT2D eigenvalue weighted by atomic mass is 127. The first-order valence-corrected chi connectivity index (χ1v) is 5.35. The number of hydrogen-bond acceptors (Lipinski definition) is 4. The number of halogens is 1. The van der Waals surface area contributed by atoms with Crippen LogP contribution in [0.1, 0.15) is 12.1 Å². The summed E-state index contributed by atoms with van der Waals surface area (Å²) in [7, 11) is 0. The van der Waals surface area contributed by atoms with Crippen molar-refractivity contribution in [1.82, 2.24) is 15.0 Å². The van der Waals surface area contributed by atoms with Crippen molar-refractivity contribution < 1.29 is 4.79 Å². The fraction of sp³-hybridized carbons (Fsp3) is 0.375. The van der Waals surface area contributed by atoms with Crippen molar-refractivity contribution in [1.29, 1.82) is 0 Å². The van der Waals surface area contributed by atoms with Gasteiger partial charge in [0.25, 0.3) is 5.56 Å². The Labute approximate surface area is 100.0 Å². The number of hydrazine groups is 1. The number of hydrogen-bond donors (Lipinski definition) is 2. The van der Waals surface area contributed by atoms with Crippen LogP contribution in [0.25, 0.3) is 0 Å². The molecule has 0 fully saturated rings. The second-order valence-electron chi connectivity index (χ2n) is 2.96. The van der Waals surface area contributed by atoms with E-state index in [0.29, 0.717) is 9.26 Å². The van der Waals surface area contributed by atoms with E-state index in [4.69, 9.17) is 5.84 Å². The minimum Gasteiger partial charge on any atom is -0.298 e. The maximum Gasteiger partial charge on any atom is 0.267 e. The van der Waals surface area contributed by atoms with Gasteiger partial charge in [0, 0.05) is 13.0 Å². The number of carbonyl (C=O) groups excluding carboxylic acids is 1.